The van der Waals surface area contributed by atoms with E-state index in [0.717, 1.165) is 34.2 Å². The number of likely N-dealkylation sites (N-methyl/N-ethyl adjacent to an activating group) is 1. The number of hydrogen-bond acceptors (Lipinski definition) is 6. The van der Waals surface area contributed by atoms with Crippen LogP contribution < -0.4 is 5.32 Å². The summed E-state index contributed by atoms with van der Waals surface area (Å²) < 4.78 is 5.41. The van der Waals surface area contributed by atoms with Crippen molar-refractivity contribution in [3.63, 3.8) is 0 Å². The van der Waals surface area contributed by atoms with Crippen LogP contribution in [0.15, 0.2) is 4.52 Å². The molecule has 1 unspecified atom stereocenters. The van der Waals surface area contributed by atoms with Gasteiger partial charge in [0.15, 0.2) is 5.82 Å². The largest absolute Gasteiger partial charge is 0.333 e. The maximum atomic E-state index is 5.41. The third kappa shape index (κ3) is 3.64. The summed E-state index contributed by atoms with van der Waals surface area (Å²) in [5.74, 6) is 1.90. The lowest BCUT2D eigenvalue weighted by atomic mass is 10.1. The normalized spacial score (nSPS) is 13.1. The molecule has 0 radical (unpaired) electrons. The number of aryl methyl sites for hydroxylation is 1. The van der Waals surface area contributed by atoms with Gasteiger partial charge < -0.3 is 9.84 Å². The Balaban J connectivity index is 2.23. The van der Waals surface area contributed by atoms with Crippen LogP contribution in [0.3, 0.4) is 0 Å². The number of aromatic nitrogens is 3. The molecule has 1 atom stereocenters. The van der Waals surface area contributed by atoms with Crippen LogP contribution in [0.25, 0.3) is 10.8 Å². The Bertz CT molecular complexity index is 561. The second-order valence-electron chi connectivity index (χ2n) is 5.52. The van der Waals surface area contributed by atoms with Crippen LogP contribution >= 0.6 is 11.3 Å². The van der Waals surface area contributed by atoms with E-state index >= 15 is 0 Å². The van der Waals surface area contributed by atoms with Crippen molar-refractivity contribution in [1.82, 2.24) is 20.4 Å². The summed E-state index contributed by atoms with van der Waals surface area (Å²) in [5, 5.41) is 8.28. The van der Waals surface area contributed by atoms with Gasteiger partial charge in [-0.15, -0.1) is 11.3 Å². The van der Waals surface area contributed by atoms with Crippen molar-refractivity contribution in [2.75, 3.05) is 7.05 Å². The van der Waals surface area contributed by atoms with Crippen molar-refractivity contribution in [1.29, 1.82) is 0 Å². The molecule has 0 fully saturated rings. The van der Waals surface area contributed by atoms with Crippen LogP contribution in [0.4, 0.5) is 0 Å². The minimum atomic E-state index is 0.332. The summed E-state index contributed by atoms with van der Waals surface area (Å²) in [6.45, 7) is 8.48. The molecule has 0 bridgehead atoms. The second kappa shape index (κ2) is 6.45. The highest BCUT2D eigenvalue weighted by molar-refractivity contribution is 7.15. The van der Waals surface area contributed by atoms with Crippen molar-refractivity contribution >= 4 is 11.3 Å². The van der Waals surface area contributed by atoms with E-state index in [9.17, 15) is 0 Å². The molecule has 0 saturated heterocycles. The van der Waals surface area contributed by atoms with Gasteiger partial charge in [0, 0.05) is 12.5 Å². The molecule has 20 heavy (non-hydrogen) atoms. The van der Waals surface area contributed by atoms with Crippen molar-refractivity contribution in [2.45, 2.75) is 46.6 Å². The lowest BCUT2D eigenvalue weighted by Crippen LogP contribution is -2.24. The van der Waals surface area contributed by atoms with Crippen molar-refractivity contribution in [3.8, 4) is 10.8 Å². The minimum absolute atomic E-state index is 0.332. The average Bonchev–Trinajstić information content (AvgIpc) is 2.95. The smallest absolute Gasteiger partial charge is 0.269 e. The lowest BCUT2D eigenvalue weighted by molar-refractivity contribution is 0.418. The Morgan fingerprint density at radius 1 is 1.20 bits per heavy atom. The summed E-state index contributed by atoms with van der Waals surface area (Å²) in [6.07, 6.45) is 1.70. The van der Waals surface area contributed by atoms with Gasteiger partial charge in [-0.25, -0.2) is 4.98 Å². The molecule has 0 spiro atoms. The molecule has 2 heterocycles. The molecular weight excluding hydrogens is 272 g/mol. The van der Waals surface area contributed by atoms with E-state index in [4.69, 9.17) is 4.52 Å². The molecule has 0 aliphatic carbocycles. The van der Waals surface area contributed by atoms with Crippen LogP contribution in [-0.4, -0.2) is 28.2 Å². The van der Waals surface area contributed by atoms with Crippen LogP contribution in [0.2, 0.25) is 0 Å². The molecule has 5 nitrogen and oxygen atoms in total. The average molecular weight is 294 g/mol. The summed E-state index contributed by atoms with van der Waals surface area (Å²) >= 11 is 1.62. The summed E-state index contributed by atoms with van der Waals surface area (Å²) in [4.78, 5) is 10.1. The Labute approximate surface area is 123 Å². The molecule has 0 amide bonds. The first-order valence-corrected chi connectivity index (χ1v) is 7.77. The van der Waals surface area contributed by atoms with Gasteiger partial charge in [0.2, 0.25) is 0 Å². The molecule has 2 aromatic rings. The first kappa shape index (κ1) is 15.1. The Hall–Kier alpha value is -1.27. The zero-order valence-electron chi connectivity index (χ0n) is 12.7. The Morgan fingerprint density at radius 2 is 1.95 bits per heavy atom. The SMILES string of the molecule is CNC(C)Cc1noc(-c2sc(C)nc2CC(C)C)n1. The number of hydrogen-bond donors (Lipinski definition) is 1. The molecule has 0 saturated carbocycles. The van der Waals surface area contributed by atoms with Gasteiger partial charge in [-0.1, -0.05) is 19.0 Å². The van der Waals surface area contributed by atoms with E-state index in [0.29, 0.717) is 17.9 Å². The summed E-state index contributed by atoms with van der Waals surface area (Å²) in [7, 11) is 1.93. The maximum Gasteiger partial charge on any atom is 0.269 e. The minimum Gasteiger partial charge on any atom is -0.333 e. The molecule has 1 N–H and O–H groups in total. The fraction of sp³-hybridized carbons (Fsp3) is 0.643. The van der Waals surface area contributed by atoms with Crippen LogP contribution in [-0.2, 0) is 12.8 Å². The molecule has 0 aromatic carbocycles. The lowest BCUT2D eigenvalue weighted by Gasteiger charge is -2.04. The molecule has 2 rings (SSSR count). The molecular formula is C14H22N4OS. The predicted molar refractivity (Wildman–Crippen MR) is 80.9 cm³/mol. The van der Waals surface area contributed by atoms with Gasteiger partial charge in [0.25, 0.3) is 5.89 Å². The summed E-state index contributed by atoms with van der Waals surface area (Å²) in [5.41, 5.74) is 1.07. The molecule has 0 aliphatic heterocycles. The Morgan fingerprint density at radius 3 is 2.60 bits per heavy atom. The number of nitrogens with one attached hydrogen (secondary N) is 1. The van der Waals surface area contributed by atoms with Gasteiger partial charge in [0.1, 0.15) is 4.88 Å². The third-order valence-electron chi connectivity index (χ3n) is 3.05. The number of rotatable bonds is 6. The highest BCUT2D eigenvalue weighted by Crippen LogP contribution is 2.30. The van der Waals surface area contributed by atoms with E-state index < -0.39 is 0 Å². The monoisotopic (exact) mass is 294 g/mol. The standard InChI is InChI=1S/C14H22N4OS/c1-8(2)6-11-13(20-10(4)16-11)14-17-12(18-19-14)7-9(3)15-5/h8-9,15H,6-7H2,1-5H3. The first-order valence-electron chi connectivity index (χ1n) is 6.96. The number of thiazole rings is 1. The van der Waals surface area contributed by atoms with E-state index in [-0.39, 0.29) is 0 Å². The molecule has 110 valence electrons. The predicted octanol–water partition coefficient (Wildman–Crippen LogP) is 2.85. The summed E-state index contributed by atoms with van der Waals surface area (Å²) in [6, 6.07) is 0.332. The third-order valence-corrected chi connectivity index (χ3v) is 4.05. The van der Waals surface area contributed by atoms with Gasteiger partial charge in [-0.3, -0.25) is 0 Å². The van der Waals surface area contributed by atoms with Crippen LogP contribution in [0.5, 0.6) is 0 Å². The van der Waals surface area contributed by atoms with E-state index in [2.05, 4.69) is 41.2 Å². The van der Waals surface area contributed by atoms with Crippen molar-refractivity contribution in [3.05, 3.63) is 16.5 Å². The fourth-order valence-electron chi connectivity index (χ4n) is 1.97. The maximum absolute atomic E-state index is 5.41. The molecule has 6 heteroatoms. The fourth-order valence-corrected chi connectivity index (χ4v) is 2.84. The Kier molecular flexibility index (Phi) is 4.88. The molecule has 0 aliphatic rings. The van der Waals surface area contributed by atoms with Gasteiger partial charge in [-0.2, -0.15) is 4.98 Å². The molecule has 2 aromatic heterocycles. The van der Waals surface area contributed by atoms with E-state index in [1.165, 1.54) is 0 Å². The highest BCUT2D eigenvalue weighted by atomic mass is 32.1. The van der Waals surface area contributed by atoms with Crippen molar-refractivity contribution < 1.29 is 4.52 Å². The zero-order valence-corrected chi connectivity index (χ0v) is 13.5. The number of nitrogens with zero attached hydrogens (tertiary/aromatic N) is 3. The van der Waals surface area contributed by atoms with Crippen molar-refractivity contribution in [2.24, 2.45) is 5.92 Å². The first-order chi connectivity index (χ1) is 9.49. The highest BCUT2D eigenvalue weighted by Gasteiger charge is 2.18. The second-order valence-corrected chi connectivity index (χ2v) is 6.72. The topological polar surface area (TPSA) is 63.8 Å². The van der Waals surface area contributed by atoms with E-state index in [1.807, 2.05) is 14.0 Å². The van der Waals surface area contributed by atoms with E-state index in [1.54, 1.807) is 11.3 Å². The van der Waals surface area contributed by atoms with Gasteiger partial charge in [0.05, 0.1) is 10.7 Å². The van der Waals surface area contributed by atoms with Gasteiger partial charge >= 0.3 is 0 Å². The van der Waals surface area contributed by atoms with Crippen LogP contribution in [0.1, 0.15) is 37.3 Å². The quantitative estimate of drug-likeness (QED) is 0.887. The van der Waals surface area contributed by atoms with Gasteiger partial charge in [-0.05, 0) is 33.2 Å². The van der Waals surface area contributed by atoms with Crippen LogP contribution in [0, 0.1) is 12.8 Å². The zero-order chi connectivity index (χ0) is 14.7.